The molecule has 4 aliphatic carbocycles. The second kappa shape index (κ2) is 10.2. The molecule has 8 heteroatoms. The van der Waals surface area contributed by atoms with Gasteiger partial charge in [0.15, 0.2) is 17.2 Å². The van der Waals surface area contributed by atoms with Gasteiger partial charge in [-0.2, -0.15) is 0 Å². The van der Waals surface area contributed by atoms with Gasteiger partial charge in [-0.25, -0.2) is 9.78 Å². The lowest BCUT2D eigenvalue weighted by atomic mass is 9.47. The number of nitrogens with zero attached hydrogens (tertiary/aromatic N) is 1. The minimum Gasteiger partial charge on any atom is -0.503 e. The smallest absolute Gasteiger partial charge is 0.328 e. The van der Waals surface area contributed by atoms with Crippen LogP contribution in [0.15, 0.2) is 42.6 Å². The van der Waals surface area contributed by atoms with Crippen LogP contribution in [0.3, 0.4) is 0 Å². The number of benzene rings is 1. The predicted molar refractivity (Wildman–Crippen MR) is 136 cm³/mol. The first-order valence-electron chi connectivity index (χ1n) is 13.2. The molecule has 0 radical (unpaired) electrons. The fourth-order valence-corrected chi connectivity index (χ4v) is 7.33. The molecule has 4 fully saturated rings. The molecule has 198 valence electrons. The molecule has 0 saturated heterocycles. The Labute approximate surface area is 217 Å². The van der Waals surface area contributed by atoms with Gasteiger partial charge in [-0.1, -0.05) is 18.2 Å². The lowest BCUT2D eigenvalue weighted by molar-refractivity contribution is -0.173. The van der Waals surface area contributed by atoms with Crippen LogP contribution in [0.5, 0.6) is 17.2 Å². The summed E-state index contributed by atoms with van der Waals surface area (Å²) in [4.78, 5) is 29.8. The van der Waals surface area contributed by atoms with Crippen LogP contribution < -0.4 is 14.8 Å². The molecule has 0 spiro atoms. The number of methoxy groups -OCH3 is 1. The summed E-state index contributed by atoms with van der Waals surface area (Å²) in [5.74, 6) is 1.43. The first-order chi connectivity index (χ1) is 17.8. The molecule has 6 rings (SSSR count). The maximum absolute atomic E-state index is 13.1. The minimum atomic E-state index is -0.948. The lowest BCUT2D eigenvalue weighted by Gasteiger charge is -2.59. The number of hydrogen-bond acceptors (Lipinski definition) is 7. The summed E-state index contributed by atoms with van der Waals surface area (Å²) in [6, 6.07) is 10.2. The van der Waals surface area contributed by atoms with Gasteiger partial charge in [0, 0.05) is 17.7 Å². The zero-order valence-corrected chi connectivity index (χ0v) is 21.7. The topological polar surface area (TPSA) is 107 Å². The normalized spacial score (nSPS) is 28.1. The second-order valence-corrected chi connectivity index (χ2v) is 11.2. The molecule has 37 heavy (non-hydrogen) atoms. The van der Waals surface area contributed by atoms with E-state index >= 15 is 0 Å². The molecule has 4 saturated carbocycles. The minimum absolute atomic E-state index is 0.0208. The molecule has 4 aliphatic rings. The lowest BCUT2D eigenvalue weighted by Crippen LogP contribution is -2.57. The van der Waals surface area contributed by atoms with Crippen LogP contribution in [-0.4, -0.2) is 47.3 Å². The number of aromatic hydroxyl groups is 1. The molecule has 0 unspecified atom stereocenters. The van der Waals surface area contributed by atoms with Crippen molar-refractivity contribution in [3.8, 4) is 17.2 Å². The maximum Gasteiger partial charge on any atom is 0.328 e. The van der Waals surface area contributed by atoms with E-state index in [0.29, 0.717) is 0 Å². The summed E-state index contributed by atoms with van der Waals surface area (Å²) in [5.41, 5.74) is -0.238. The Balaban J connectivity index is 1.30. The predicted octanol–water partition coefficient (Wildman–Crippen LogP) is 4.51. The van der Waals surface area contributed by atoms with Crippen molar-refractivity contribution in [3.05, 3.63) is 48.3 Å². The number of nitrogens with one attached hydrogen (secondary N) is 1. The molecule has 4 bridgehead atoms. The fraction of sp³-hybridized carbons (Fsp3) is 0.552. The van der Waals surface area contributed by atoms with E-state index in [2.05, 4.69) is 10.3 Å². The third-order valence-corrected chi connectivity index (χ3v) is 8.45. The summed E-state index contributed by atoms with van der Waals surface area (Å²) in [7, 11) is 1.38. The Hall–Kier alpha value is -3.29. The summed E-state index contributed by atoms with van der Waals surface area (Å²) in [6.45, 7) is 3.45. The quantitative estimate of drug-likeness (QED) is 0.480. The average molecular weight is 509 g/mol. The van der Waals surface area contributed by atoms with Crippen molar-refractivity contribution in [1.82, 2.24) is 10.3 Å². The van der Waals surface area contributed by atoms with E-state index in [0.717, 1.165) is 42.8 Å². The number of ether oxygens (including phenoxy) is 3. The van der Waals surface area contributed by atoms with Crippen molar-refractivity contribution in [3.63, 3.8) is 0 Å². The Morgan fingerprint density at radius 3 is 2.24 bits per heavy atom. The third-order valence-electron chi connectivity index (χ3n) is 8.45. The van der Waals surface area contributed by atoms with Crippen molar-refractivity contribution < 1.29 is 28.9 Å². The van der Waals surface area contributed by atoms with E-state index in [9.17, 15) is 14.7 Å². The molecule has 1 aromatic carbocycles. The van der Waals surface area contributed by atoms with Gasteiger partial charge in [-0.3, -0.25) is 4.79 Å². The van der Waals surface area contributed by atoms with E-state index in [1.807, 2.05) is 37.3 Å². The Kier molecular flexibility index (Phi) is 7.01. The highest BCUT2D eigenvalue weighted by molar-refractivity contribution is 5.97. The molecule has 0 aliphatic heterocycles. The van der Waals surface area contributed by atoms with Gasteiger partial charge < -0.3 is 24.6 Å². The number of amides is 1. The van der Waals surface area contributed by atoms with E-state index in [4.69, 9.17) is 14.2 Å². The van der Waals surface area contributed by atoms with Crippen LogP contribution in [0.4, 0.5) is 0 Å². The standard InChI is InChI=1S/C29H36N2O6/c1-17(31-27(33)24-25(32)23(35-3)9-10-30-24)28(34)36-18(2)26(37-22-7-5-4-6-8-22)29-14-19-11-20(15-29)13-21(12-19)16-29/h4-10,17-21,26,32H,11-16H2,1-3H3,(H,31,33)/t17-,18-,19?,20?,21?,26-,29?/m0/s1. The number of pyridine rings is 1. The molecule has 8 nitrogen and oxygen atoms in total. The van der Waals surface area contributed by atoms with Gasteiger partial charge in [0.25, 0.3) is 5.91 Å². The highest BCUT2D eigenvalue weighted by atomic mass is 16.6. The SMILES string of the molecule is COc1ccnc(C(=O)N[C@@H](C)C(=O)O[C@@H](C)[C@H](Oc2ccccc2)C23CC4CC(CC(C4)C2)C3)c1O. The van der Waals surface area contributed by atoms with Crippen molar-refractivity contribution in [2.24, 2.45) is 23.2 Å². The van der Waals surface area contributed by atoms with Gasteiger partial charge in [0.05, 0.1) is 7.11 Å². The molecular weight excluding hydrogens is 472 g/mol. The molecule has 2 N–H and O–H groups in total. The summed E-state index contributed by atoms with van der Waals surface area (Å²) < 4.78 is 17.6. The van der Waals surface area contributed by atoms with Crippen LogP contribution >= 0.6 is 0 Å². The Morgan fingerprint density at radius 1 is 1.03 bits per heavy atom. The van der Waals surface area contributed by atoms with Crippen LogP contribution in [0, 0.1) is 23.2 Å². The van der Waals surface area contributed by atoms with Crippen molar-refractivity contribution >= 4 is 11.9 Å². The summed E-state index contributed by atoms with van der Waals surface area (Å²) >= 11 is 0. The third kappa shape index (κ3) is 5.11. The van der Waals surface area contributed by atoms with Gasteiger partial charge >= 0.3 is 5.97 Å². The summed E-state index contributed by atoms with van der Waals surface area (Å²) in [5, 5.41) is 12.8. The van der Waals surface area contributed by atoms with Crippen molar-refractivity contribution in [1.29, 1.82) is 0 Å². The van der Waals surface area contributed by atoms with Gasteiger partial charge in [-0.15, -0.1) is 0 Å². The highest BCUT2D eigenvalue weighted by Gasteiger charge is 2.57. The zero-order valence-electron chi connectivity index (χ0n) is 21.7. The van der Waals surface area contributed by atoms with Gasteiger partial charge in [0.1, 0.15) is 24.0 Å². The van der Waals surface area contributed by atoms with Gasteiger partial charge in [-0.05, 0) is 82.3 Å². The zero-order chi connectivity index (χ0) is 26.2. The van der Waals surface area contributed by atoms with E-state index in [-0.39, 0.29) is 28.7 Å². The summed E-state index contributed by atoms with van der Waals surface area (Å²) in [6.07, 6.45) is 7.79. The van der Waals surface area contributed by atoms with E-state index in [1.165, 1.54) is 38.6 Å². The number of esters is 1. The fourth-order valence-electron chi connectivity index (χ4n) is 7.33. The molecule has 1 aromatic heterocycles. The number of rotatable bonds is 9. The van der Waals surface area contributed by atoms with Crippen molar-refractivity contribution in [2.45, 2.75) is 70.6 Å². The first-order valence-corrected chi connectivity index (χ1v) is 13.2. The average Bonchev–Trinajstić information content (AvgIpc) is 2.87. The first kappa shape index (κ1) is 25.4. The largest absolute Gasteiger partial charge is 0.503 e. The number of hydrogen-bond donors (Lipinski definition) is 2. The molecule has 2 aromatic rings. The molecule has 1 heterocycles. The monoisotopic (exact) mass is 508 g/mol. The van der Waals surface area contributed by atoms with Crippen LogP contribution in [-0.2, 0) is 9.53 Å². The van der Waals surface area contributed by atoms with E-state index in [1.54, 1.807) is 6.92 Å². The van der Waals surface area contributed by atoms with Gasteiger partial charge in [0.2, 0.25) is 0 Å². The number of carbonyl (C=O) groups excluding carboxylic acids is 2. The van der Waals surface area contributed by atoms with E-state index < -0.39 is 24.0 Å². The van der Waals surface area contributed by atoms with Crippen LogP contribution in [0.1, 0.15) is 62.9 Å². The molecule has 3 atom stereocenters. The van der Waals surface area contributed by atoms with Crippen LogP contribution in [0.2, 0.25) is 0 Å². The molecular formula is C29H36N2O6. The highest BCUT2D eigenvalue weighted by Crippen LogP contribution is 2.62. The second-order valence-electron chi connectivity index (χ2n) is 11.2. The Morgan fingerprint density at radius 2 is 1.65 bits per heavy atom. The number of para-hydroxylation sites is 1. The molecule has 1 amide bonds. The maximum atomic E-state index is 13.1. The number of carbonyl (C=O) groups is 2. The number of aromatic nitrogens is 1. The van der Waals surface area contributed by atoms with Crippen molar-refractivity contribution in [2.75, 3.05) is 7.11 Å². The van der Waals surface area contributed by atoms with Crippen LogP contribution in [0.25, 0.3) is 0 Å². The Bertz CT molecular complexity index is 1100.